The first-order valence-electron chi connectivity index (χ1n) is 4.65. The van der Waals surface area contributed by atoms with Gasteiger partial charge in [0.2, 0.25) is 0 Å². The zero-order valence-corrected chi connectivity index (χ0v) is 8.49. The maximum atomic E-state index is 3.60. The quantitative estimate of drug-likeness (QED) is 0.613. The van der Waals surface area contributed by atoms with Crippen molar-refractivity contribution in [3.05, 3.63) is 0 Å². The van der Waals surface area contributed by atoms with Gasteiger partial charge in [0, 0.05) is 5.54 Å². The molecule has 1 nitrogen and oxygen atoms in total. The molecule has 1 saturated heterocycles. The molecular formula is C10H21N. The first-order chi connectivity index (χ1) is 4.90. The van der Waals surface area contributed by atoms with Crippen LogP contribution in [-0.4, -0.2) is 12.1 Å². The molecule has 1 rings (SSSR count). The second-order valence-electron chi connectivity index (χ2n) is 5.05. The molecule has 1 atom stereocenters. The van der Waals surface area contributed by atoms with E-state index in [0.717, 1.165) is 5.92 Å². The Morgan fingerprint density at radius 2 is 1.73 bits per heavy atom. The third kappa shape index (κ3) is 1.20. The summed E-state index contributed by atoms with van der Waals surface area (Å²) >= 11 is 0. The molecular weight excluding hydrogens is 134 g/mol. The fourth-order valence-electron chi connectivity index (χ4n) is 2.39. The molecule has 66 valence electrons. The molecule has 0 aromatic carbocycles. The lowest BCUT2D eigenvalue weighted by Gasteiger charge is -2.55. The predicted molar refractivity (Wildman–Crippen MR) is 49.6 cm³/mol. The Bertz CT molecular complexity index is 137. The zero-order chi connectivity index (χ0) is 8.70. The highest BCUT2D eigenvalue weighted by atomic mass is 15.1. The molecule has 1 fully saturated rings. The Morgan fingerprint density at radius 3 is 1.73 bits per heavy atom. The fourth-order valence-corrected chi connectivity index (χ4v) is 2.39. The summed E-state index contributed by atoms with van der Waals surface area (Å²) in [7, 11) is 0. The van der Waals surface area contributed by atoms with E-state index in [-0.39, 0.29) is 0 Å². The average molecular weight is 155 g/mol. The lowest BCUT2D eigenvalue weighted by Crippen LogP contribution is -2.67. The Labute approximate surface area is 70.6 Å². The van der Waals surface area contributed by atoms with Crippen LogP contribution in [0.4, 0.5) is 0 Å². The third-order valence-corrected chi connectivity index (χ3v) is 3.28. The molecule has 0 radical (unpaired) electrons. The van der Waals surface area contributed by atoms with E-state index in [1.54, 1.807) is 0 Å². The molecule has 1 aliphatic rings. The SMILES string of the molecule is CC(C)C1(C(C)(C)C)CCN1. The highest BCUT2D eigenvalue weighted by Crippen LogP contribution is 2.43. The summed E-state index contributed by atoms with van der Waals surface area (Å²) in [5.74, 6) is 0.747. The summed E-state index contributed by atoms with van der Waals surface area (Å²) in [5, 5.41) is 3.60. The topological polar surface area (TPSA) is 12.0 Å². The molecule has 1 aliphatic heterocycles. The molecule has 0 spiro atoms. The van der Waals surface area contributed by atoms with Crippen molar-refractivity contribution < 1.29 is 0 Å². The van der Waals surface area contributed by atoms with Crippen LogP contribution in [0.5, 0.6) is 0 Å². The van der Waals surface area contributed by atoms with E-state index in [0.29, 0.717) is 11.0 Å². The zero-order valence-electron chi connectivity index (χ0n) is 8.49. The minimum Gasteiger partial charge on any atom is -0.310 e. The van der Waals surface area contributed by atoms with Crippen LogP contribution in [0.1, 0.15) is 41.0 Å². The minimum atomic E-state index is 0.402. The lowest BCUT2D eigenvalue weighted by atomic mass is 9.62. The molecule has 11 heavy (non-hydrogen) atoms. The number of nitrogens with one attached hydrogen (secondary N) is 1. The molecule has 0 bridgehead atoms. The van der Waals surface area contributed by atoms with Crippen LogP contribution in [0.15, 0.2) is 0 Å². The average Bonchev–Trinajstić information content (AvgIpc) is 1.52. The van der Waals surface area contributed by atoms with E-state index in [1.165, 1.54) is 13.0 Å². The van der Waals surface area contributed by atoms with Crippen LogP contribution in [0.25, 0.3) is 0 Å². The Morgan fingerprint density at radius 1 is 1.27 bits per heavy atom. The maximum Gasteiger partial charge on any atom is 0.0264 e. The first kappa shape index (κ1) is 9.05. The van der Waals surface area contributed by atoms with E-state index < -0.39 is 0 Å². The second-order valence-corrected chi connectivity index (χ2v) is 5.05. The van der Waals surface area contributed by atoms with Gasteiger partial charge in [0.05, 0.1) is 0 Å². The van der Waals surface area contributed by atoms with Crippen molar-refractivity contribution >= 4 is 0 Å². The minimum absolute atomic E-state index is 0.402. The Hall–Kier alpha value is -0.0400. The molecule has 0 amide bonds. The van der Waals surface area contributed by atoms with E-state index in [4.69, 9.17) is 0 Å². The third-order valence-electron chi connectivity index (χ3n) is 3.28. The monoisotopic (exact) mass is 155 g/mol. The Balaban J connectivity index is 2.76. The van der Waals surface area contributed by atoms with Gasteiger partial charge in [-0.05, 0) is 24.3 Å². The van der Waals surface area contributed by atoms with Gasteiger partial charge in [-0.25, -0.2) is 0 Å². The highest BCUT2D eigenvalue weighted by molar-refractivity contribution is 5.06. The van der Waals surface area contributed by atoms with Crippen LogP contribution >= 0.6 is 0 Å². The van der Waals surface area contributed by atoms with Crippen LogP contribution in [0, 0.1) is 11.3 Å². The summed E-state index contributed by atoms with van der Waals surface area (Å²) in [4.78, 5) is 0. The van der Waals surface area contributed by atoms with Crippen LogP contribution in [0.3, 0.4) is 0 Å². The van der Waals surface area contributed by atoms with Crippen molar-refractivity contribution in [2.45, 2.75) is 46.6 Å². The normalized spacial score (nSPS) is 32.2. The van der Waals surface area contributed by atoms with Crippen molar-refractivity contribution in [2.75, 3.05) is 6.54 Å². The van der Waals surface area contributed by atoms with Gasteiger partial charge in [-0.15, -0.1) is 0 Å². The highest BCUT2D eigenvalue weighted by Gasteiger charge is 2.48. The summed E-state index contributed by atoms with van der Waals surface area (Å²) in [5.41, 5.74) is 0.812. The number of hydrogen-bond donors (Lipinski definition) is 1. The fraction of sp³-hybridized carbons (Fsp3) is 1.00. The first-order valence-corrected chi connectivity index (χ1v) is 4.65. The van der Waals surface area contributed by atoms with E-state index in [2.05, 4.69) is 39.9 Å². The van der Waals surface area contributed by atoms with E-state index in [1.807, 2.05) is 0 Å². The van der Waals surface area contributed by atoms with Gasteiger partial charge in [0.25, 0.3) is 0 Å². The van der Waals surface area contributed by atoms with Gasteiger partial charge in [-0.1, -0.05) is 34.6 Å². The smallest absolute Gasteiger partial charge is 0.0264 e. The van der Waals surface area contributed by atoms with Crippen LogP contribution < -0.4 is 5.32 Å². The number of hydrogen-bond acceptors (Lipinski definition) is 1. The van der Waals surface area contributed by atoms with Crippen molar-refractivity contribution in [1.82, 2.24) is 5.32 Å². The Kier molecular flexibility index (Phi) is 2.04. The van der Waals surface area contributed by atoms with Crippen molar-refractivity contribution in [1.29, 1.82) is 0 Å². The molecule has 0 aromatic rings. The van der Waals surface area contributed by atoms with Crippen molar-refractivity contribution in [2.24, 2.45) is 11.3 Å². The lowest BCUT2D eigenvalue weighted by molar-refractivity contribution is 0.0183. The van der Waals surface area contributed by atoms with Crippen LogP contribution in [-0.2, 0) is 0 Å². The second kappa shape index (κ2) is 2.48. The predicted octanol–water partition coefficient (Wildman–Crippen LogP) is 2.42. The summed E-state index contributed by atoms with van der Waals surface area (Å²) < 4.78 is 0. The van der Waals surface area contributed by atoms with E-state index in [9.17, 15) is 0 Å². The van der Waals surface area contributed by atoms with Gasteiger partial charge in [-0.3, -0.25) is 0 Å². The molecule has 1 unspecified atom stereocenters. The summed E-state index contributed by atoms with van der Waals surface area (Å²) in [6, 6.07) is 0. The summed E-state index contributed by atoms with van der Waals surface area (Å²) in [6.45, 7) is 12.8. The van der Waals surface area contributed by atoms with Crippen LogP contribution in [0.2, 0.25) is 0 Å². The van der Waals surface area contributed by atoms with Gasteiger partial charge in [-0.2, -0.15) is 0 Å². The molecule has 1 N–H and O–H groups in total. The van der Waals surface area contributed by atoms with Gasteiger partial charge in [0.1, 0.15) is 0 Å². The molecule has 1 heteroatoms. The molecule has 1 heterocycles. The van der Waals surface area contributed by atoms with Gasteiger partial charge in [0.15, 0.2) is 0 Å². The largest absolute Gasteiger partial charge is 0.310 e. The molecule has 0 saturated carbocycles. The number of rotatable bonds is 1. The molecule has 0 aromatic heterocycles. The molecule has 0 aliphatic carbocycles. The van der Waals surface area contributed by atoms with Crippen molar-refractivity contribution in [3.63, 3.8) is 0 Å². The maximum absolute atomic E-state index is 3.60. The standard InChI is InChI=1S/C10H21N/c1-8(2)10(6-7-11-10)9(3,4)5/h8,11H,6-7H2,1-5H3. The van der Waals surface area contributed by atoms with Crippen molar-refractivity contribution in [3.8, 4) is 0 Å². The van der Waals surface area contributed by atoms with Gasteiger partial charge < -0.3 is 5.32 Å². The van der Waals surface area contributed by atoms with E-state index >= 15 is 0 Å². The van der Waals surface area contributed by atoms with Gasteiger partial charge >= 0.3 is 0 Å². The summed E-state index contributed by atoms with van der Waals surface area (Å²) in [6.07, 6.45) is 1.34.